The summed E-state index contributed by atoms with van der Waals surface area (Å²) in [6.45, 7) is 1.59. The van der Waals surface area contributed by atoms with Crippen molar-refractivity contribution in [2.75, 3.05) is 6.61 Å². The van der Waals surface area contributed by atoms with Crippen molar-refractivity contribution in [3.05, 3.63) is 29.3 Å². The molecule has 82 valence electrons. The van der Waals surface area contributed by atoms with Crippen molar-refractivity contribution in [1.82, 2.24) is 4.98 Å². The van der Waals surface area contributed by atoms with E-state index in [4.69, 9.17) is 0 Å². The standard InChI is InChI=1S/C9H8F3NO2/c1-2-15-9(14)5-3-4-6(10)13-7(5)8(11)12/h3-4,8H,2H2,1H3. The summed E-state index contributed by atoms with van der Waals surface area (Å²) >= 11 is 0. The minimum absolute atomic E-state index is 0.0545. The van der Waals surface area contributed by atoms with Crippen molar-refractivity contribution < 1.29 is 22.7 Å². The molecular formula is C9H8F3NO2. The van der Waals surface area contributed by atoms with Gasteiger partial charge in [-0.3, -0.25) is 0 Å². The van der Waals surface area contributed by atoms with Crippen LogP contribution in [0.25, 0.3) is 0 Å². The zero-order valence-electron chi connectivity index (χ0n) is 7.84. The van der Waals surface area contributed by atoms with E-state index in [0.29, 0.717) is 0 Å². The Kier molecular flexibility index (Phi) is 3.65. The number of nitrogens with zero attached hydrogens (tertiary/aromatic N) is 1. The van der Waals surface area contributed by atoms with Gasteiger partial charge in [0.05, 0.1) is 12.2 Å². The van der Waals surface area contributed by atoms with Crippen LogP contribution in [-0.2, 0) is 4.74 Å². The fraction of sp³-hybridized carbons (Fsp3) is 0.333. The van der Waals surface area contributed by atoms with Crippen LogP contribution in [0.15, 0.2) is 12.1 Å². The normalized spacial score (nSPS) is 10.5. The van der Waals surface area contributed by atoms with Gasteiger partial charge in [0, 0.05) is 0 Å². The molecule has 1 rings (SSSR count). The highest BCUT2D eigenvalue weighted by molar-refractivity contribution is 5.90. The molecule has 3 nitrogen and oxygen atoms in total. The second-order valence-electron chi connectivity index (χ2n) is 2.59. The molecule has 0 radical (unpaired) electrons. The number of hydrogen-bond acceptors (Lipinski definition) is 3. The molecule has 0 unspecified atom stereocenters. The van der Waals surface area contributed by atoms with E-state index in [1.807, 2.05) is 0 Å². The van der Waals surface area contributed by atoms with Gasteiger partial charge in [-0.15, -0.1) is 0 Å². The van der Waals surface area contributed by atoms with E-state index in [9.17, 15) is 18.0 Å². The first-order valence-electron chi connectivity index (χ1n) is 4.18. The number of esters is 1. The number of pyridine rings is 1. The summed E-state index contributed by atoms with van der Waals surface area (Å²) in [5.74, 6) is -1.99. The molecule has 0 amide bonds. The van der Waals surface area contributed by atoms with Gasteiger partial charge >= 0.3 is 5.97 Å². The maximum atomic E-state index is 12.6. The van der Waals surface area contributed by atoms with Gasteiger partial charge in [0.1, 0.15) is 5.69 Å². The number of ether oxygens (including phenoxy) is 1. The molecule has 0 aliphatic rings. The minimum Gasteiger partial charge on any atom is -0.462 e. The van der Waals surface area contributed by atoms with Crippen molar-refractivity contribution in [3.8, 4) is 0 Å². The summed E-state index contributed by atoms with van der Waals surface area (Å²) in [4.78, 5) is 14.1. The Hall–Kier alpha value is -1.59. The number of carbonyl (C=O) groups is 1. The molecule has 0 N–H and O–H groups in total. The zero-order valence-corrected chi connectivity index (χ0v) is 7.84. The first kappa shape index (κ1) is 11.5. The number of halogens is 3. The topological polar surface area (TPSA) is 39.2 Å². The van der Waals surface area contributed by atoms with Crippen molar-refractivity contribution in [2.24, 2.45) is 0 Å². The fourth-order valence-corrected chi connectivity index (χ4v) is 0.998. The molecule has 1 aromatic rings. The Morgan fingerprint density at radius 2 is 2.20 bits per heavy atom. The van der Waals surface area contributed by atoms with Crippen LogP contribution in [0.3, 0.4) is 0 Å². The number of rotatable bonds is 3. The van der Waals surface area contributed by atoms with E-state index in [2.05, 4.69) is 9.72 Å². The Balaban J connectivity index is 3.11. The summed E-state index contributed by atoms with van der Waals surface area (Å²) in [5.41, 5.74) is -1.30. The third kappa shape index (κ3) is 2.68. The second kappa shape index (κ2) is 4.77. The Morgan fingerprint density at radius 1 is 1.53 bits per heavy atom. The van der Waals surface area contributed by atoms with Crippen molar-refractivity contribution in [1.29, 1.82) is 0 Å². The van der Waals surface area contributed by atoms with Crippen LogP contribution in [0.1, 0.15) is 29.4 Å². The first-order chi connectivity index (χ1) is 7.06. The molecule has 0 aliphatic heterocycles. The van der Waals surface area contributed by atoms with Crippen LogP contribution in [0, 0.1) is 5.95 Å². The van der Waals surface area contributed by atoms with Crippen LogP contribution in [0.2, 0.25) is 0 Å². The number of aromatic nitrogens is 1. The monoisotopic (exact) mass is 219 g/mol. The summed E-state index contributed by atoms with van der Waals surface area (Å²) in [6, 6.07) is 1.76. The number of alkyl halides is 2. The minimum atomic E-state index is -3.01. The lowest BCUT2D eigenvalue weighted by Gasteiger charge is -2.06. The van der Waals surface area contributed by atoms with Gasteiger partial charge in [0.2, 0.25) is 5.95 Å². The maximum Gasteiger partial charge on any atom is 0.340 e. The lowest BCUT2D eigenvalue weighted by molar-refractivity contribution is 0.0513. The largest absolute Gasteiger partial charge is 0.462 e. The van der Waals surface area contributed by atoms with Gasteiger partial charge in [-0.2, -0.15) is 4.39 Å². The first-order valence-corrected chi connectivity index (χ1v) is 4.18. The molecule has 0 atom stereocenters. The molecule has 0 spiro atoms. The van der Waals surface area contributed by atoms with Gasteiger partial charge in [-0.05, 0) is 19.1 Å². The third-order valence-corrected chi connectivity index (χ3v) is 1.59. The molecule has 0 aliphatic carbocycles. The predicted molar refractivity (Wildman–Crippen MR) is 45.1 cm³/mol. The van der Waals surface area contributed by atoms with Crippen molar-refractivity contribution in [2.45, 2.75) is 13.3 Å². The highest BCUT2D eigenvalue weighted by atomic mass is 19.3. The average Bonchev–Trinajstić information content (AvgIpc) is 2.17. The van der Waals surface area contributed by atoms with Crippen LogP contribution < -0.4 is 0 Å². The van der Waals surface area contributed by atoms with Gasteiger partial charge in [0.15, 0.2) is 0 Å². The fourth-order valence-electron chi connectivity index (χ4n) is 0.998. The summed E-state index contributed by atoms with van der Waals surface area (Å²) in [7, 11) is 0. The van der Waals surface area contributed by atoms with Crippen molar-refractivity contribution >= 4 is 5.97 Å². The molecule has 0 aromatic carbocycles. The van der Waals surface area contributed by atoms with Crippen LogP contribution in [-0.4, -0.2) is 17.6 Å². The molecule has 0 bridgehead atoms. The summed E-state index contributed by atoms with van der Waals surface area (Å²) in [6.07, 6.45) is -3.01. The molecule has 0 saturated carbocycles. The van der Waals surface area contributed by atoms with E-state index in [1.54, 1.807) is 0 Å². The average molecular weight is 219 g/mol. The Labute approximate surface area is 83.9 Å². The smallest absolute Gasteiger partial charge is 0.340 e. The SMILES string of the molecule is CCOC(=O)c1ccc(F)nc1C(F)F. The van der Waals surface area contributed by atoms with Gasteiger partial charge in [0.25, 0.3) is 6.43 Å². The molecule has 0 saturated heterocycles. The lowest BCUT2D eigenvalue weighted by Crippen LogP contribution is -2.10. The van der Waals surface area contributed by atoms with Crippen molar-refractivity contribution in [3.63, 3.8) is 0 Å². The van der Waals surface area contributed by atoms with Crippen LogP contribution in [0.4, 0.5) is 13.2 Å². The van der Waals surface area contributed by atoms with E-state index in [1.165, 1.54) is 6.92 Å². The Bertz CT molecular complexity index is 368. The summed E-state index contributed by atoms with van der Waals surface area (Å²) in [5, 5.41) is 0. The van der Waals surface area contributed by atoms with E-state index in [0.717, 1.165) is 12.1 Å². The Morgan fingerprint density at radius 3 is 2.73 bits per heavy atom. The number of hydrogen-bond donors (Lipinski definition) is 0. The second-order valence-corrected chi connectivity index (χ2v) is 2.59. The predicted octanol–water partition coefficient (Wildman–Crippen LogP) is 2.33. The van der Waals surface area contributed by atoms with Crippen LogP contribution >= 0.6 is 0 Å². The molecular weight excluding hydrogens is 211 g/mol. The quantitative estimate of drug-likeness (QED) is 0.578. The molecule has 6 heteroatoms. The molecule has 1 heterocycles. The van der Waals surface area contributed by atoms with Gasteiger partial charge < -0.3 is 4.74 Å². The van der Waals surface area contributed by atoms with Gasteiger partial charge in [-0.1, -0.05) is 0 Å². The lowest BCUT2D eigenvalue weighted by atomic mass is 10.2. The van der Waals surface area contributed by atoms with E-state index >= 15 is 0 Å². The maximum absolute atomic E-state index is 12.6. The third-order valence-electron chi connectivity index (χ3n) is 1.59. The molecule has 1 aromatic heterocycles. The molecule has 15 heavy (non-hydrogen) atoms. The van der Waals surface area contributed by atoms with Crippen LogP contribution in [0.5, 0.6) is 0 Å². The summed E-state index contributed by atoms with van der Waals surface area (Å²) < 4.78 is 41.8. The number of carbonyl (C=O) groups excluding carboxylic acids is 1. The highest BCUT2D eigenvalue weighted by Gasteiger charge is 2.21. The highest BCUT2D eigenvalue weighted by Crippen LogP contribution is 2.21. The van der Waals surface area contributed by atoms with E-state index < -0.39 is 29.6 Å². The van der Waals surface area contributed by atoms with E-state index in [-0.39, 0.29) is 6.61 Å². The molecule has 0 fully saturated rings. The van der Waals surface area contributed by atoms with Gasteiger partial charge in [-0.25, -0.2) is 18.6 Å². The zero-order chi connectivity index (χ0) is 11.4.